The second-order valence-corrected chi connectivity index (χ2v) is 6.79. The number of aromatic amines is 1. The highest BCUT2D eigenvalue weighted by Gasteiger charge is 2.14. The molecule has 1 aromatic heterocycles. The zero-order valence-electron chi connectivity index (χ0n) is 9.73. The summed E-state index contributed by atoms with van der Waals surface area (Å²) in [6, 6.07) is 4.46. The number of halogens is 2. The van der Waals surface area contributed by atoms with Crippen molar-refractivity contribution < 1.29 is 8.42 Å². The topological polar surface area (TPSA) is 74.8 Å². The number of nitrogens with one attached hydrogen (secondary N) is 2. The Bertz CT molecular complexity index is 659. The van der Waals surface area contributed by atoms with Gasteiger partial charge in [-0.2, -0.15) is 0 Å². The summed E-state index contributed by atoms with van der Waals surface area (Å²) < 4.78 is 27.1. The number of aromatic nitrogens is 2. The molecule has 0 aliphatic heterocycles. The highest BCUT2D eigenvalue weighted by atomic mass is 79.9. The smallest absolute Gasteiger partial charge is 0.240 e. The number of hydrogen-bond acceptors (Lipinski definition) is 3. The Morgan fingerprint density at radius 1 is 1.42 bits per heavy atom. The Morgan fingerprint density at radius 3 is 2.84 bits per heavy atom. The van der Waals surface area contributed by atoms with Crippen LogP contribution >= 0.6 is 27.5 Å². The van der Waals surface area contributed by atoms with Gasteiger partial charge in [-0.1, -0.05) is 11.6 Å². The van der Waals surface area contributed by atoms with E-state index in [1.54, 1.807) is 12.4 Å². The predicted molar refractivity (Wildman–Crippen MR) is 76.6 cm³/mol. The molecule has 1 aromatic carbocycles. The summed E-state index contributed by atoms with van der Waals surface area (Å²) in [5.74, 6) is 0.736. The predicted octanol–water partition coefficient (Wildman–Crippen LogP) is 2.35. The van der Waals surface area contributed by atoms with Crippen molar-refractivity contribution in [3.63, 3.8) is 0 Å². The lowest BCUT2D eigenvalue weighted by molar-refractivity contribution is 0.581. The Balaban J connectivity index is 2.03. The van der Waals surface area contributed by atoms with Gasteiger partial charge in [0.05, 0.1) is 9.92 Å². The third kappa shape index (κ3) is 3.79. The van der Waals surface area contributed by atoms with Gasteiger partial charge in [0.25, 0.3) is 0 Å². The lowest BCUT2D eigenvalue weighted by Crippen LogP contribution is -2.26. The van der Waals surface area contributed by atoms with E-state index >= 15 is 0 Å². The zero-order valence-corrected chi connectivity index (χ0v) is 12.9. The highest BCUT2D eigenvalue weighted by Crippen LogP contribution is 2.25. The maximum atomic E-state index is 12.0. The van der Waals surface area contributed by atoms with Gasteiger partial charge in [-0.25, -0.2) is 18.1 Å². The number of rotatable bonds is 5. The summed E-state index contributed by atoms with van der Waals surface area (Å²) in [5, 5.41) is 0.467. The summed E-state index contributed by atoms with van der Waals surface area (Å²) in [6.45, 7) is 0.274. The molecule has 1 heterocycles. The Kier molecular flexibility index (Phi) is 4.62. The van der Waals surface area contributed by atoms with E-state index in [0.717, 1.165) is 5.82 Å². The molecule has 0 amide bonds. The summed E-state index contributed by atoms with van der Waals surface area (Å²) in [6.07, 6.45) is 3.82. The minimum Gasteiger partial charge on any atom is -0.349 e. The monoisotopic (exact) mass is 363 g/mol. The molecule has 0 bridgehead atoms. The second-order valence-electron chi connectivity index (χ2n) is 3.76. The molecule has 0 aliphatic rings. The molecular formula is C11H11BrClN3O2S. The van der Waals surface area contributed by atoms with Crippen LogP contribution in [0.15, 0.2) is 40.0 Å². The van der Waals surface area contributed by atoms with Crippen molar-refractivity contribution in [3.8, 4) is 0 Å². The SMILES string of the molecule is O=S(=O)(NCCc1ncc[nH]1)c1ccc(Cl)c(Br)c1. The number of H-pyrrole nitrogens is 1. The fourth-order valence-electron chi connectivity index (χ4n) is 1.47. The van der Waals surface area contributed by atoms with Gasteiger partial charge in [-0.05, 0) is 34.1 Å². The number of nitrogens with zero attached hydrogens (tertiary/aromatic N) is 1. The van der Waals surface area contributed by atoms with Crippen LogP contribution in [-0.2, 0) is 16.4 Å². The van der Waals surface area contributed by atoms with Crippen molar-refractivity contribution in [2.24, 2.45) is 0 Å². The minimum absolute atomic E-state index is 0.170. The van der Waals surface area contributed by atoms with Crippen LogP contribution in [0.2, 0.25) is 5.02 Å². The van der Waals surface area contributed by atoms with Crippen molar-refractivity contribution in [3.05, 3.63) is 45.9 Å². The first kappa shape index (κ1) is 14.5. The second kappa shape index (κ2) is 6.04. The summed E-state index contributed by atoms with van der Waals surface area (Å²) in [4.78, 5) is 7.10. The first-order chi connectivity index (χ1) is 8.99. The van der Waals surface area contributed by atoms with Gasteiger partial charge < -0.3 is 4.98 Å². The summed E-state index contributed by atoms with van der Waals surface area (Å²) in [7, 11) is -3.53. The van der Waals surface area contributed by atoms with Crippen LogP contribution in [0, 0.1) is 0 Å². The zero-order chi connectivity index (χ0) is 13.9. The lowest BCUT2D eigenvalue weighted by atomic mass is 10.4. The van der Waals surface area contributed by atoms with E-state index in [9.17, 15) is 8.42 Å². The van der Waals surface area contributed by atoms with Crippen LogP contribution < -0.4 is 4.72 Å². The van der Waals surface area contributed by atoms with Crippen LogP contribution in [0.4, 0.5) is 0 Å². The molecule has 0 saturated carbocycles. The molecule has 0 radical (unpaired) electrons. The van der Waals surface area contributed by atoms with Crippen LogP contribution in [0.25, 0.3) is 0 Å². The highest BCUT2D eigenvalue weighted by molar-refractivity contribution is 9.10. The van der Waals surface area contributed by atoms with Crippen LogP contribution in [0.3, 0.4) is 0 Å². The number of benzene rings is 1. The lowest BCUT2D eigenvalue weighted by Gasteiger charge is -2.07. The molecule has 102 valence electrons. The van der Waals surface area contributed by atoms with Gasteiger partial charge in [0.1, 0.15) is 5.82 Å². The molecule has 5 nitrogen and oxygen atoms in total. The first-order valence-corrected chi connectivity index (χ1v) is 8.07. The Hall–Kier alpha value is -0.890. The van der Waals surface area contributed by atoms with E-state index in [1.165, 1.54) is 18.2 Å². The molecule has 19 heavy (non-hydrogen) atoms. The quantitative estimate of drug-likeness (QED) is 0.855. The maximum absolute atomic E-state index is 12.0. The van der Waals surface area contributed by atoms with Gasteiger partial charge in [0, 0.05) is 29.8 Å². The first-order valence-electron chi connectivity index (χ1n) is 5.42. The molecule has 0 unspecified atom stereocenters. The standard InChI is InChI=1S/C11H11BrClN3O2S/c12-9-7-8(1-2-10(9)13)19(17,18)16-4-3-11-14-5-6-15-11/h1-2,5-7,16H,3-4H2,(H,14,15). The fraction of sp³-hybridized carbons (Fsp3) is 0.182. The fourth-order valence-corrected chi connectivity index (χ4v) is 3.17. The van der Waals surface area contributed by atoms with Crippen LogP contribution in [0.5, 0.6) is 0 Å². The van der Waals surface area contributed by atoms with E-state index in [2.05, 4.69) is 30.6 Å². The van der Waals surface area contributed by atoms with E-state index in [-0.39, 0.29) is 11.4 Å². The molecule has 0 saturated heterocycles. The Labute approximate surface area is 124 Å². The van der Waals surface area contributed by atoms with Gasteiger partial charge in [0.2, 0.25) is 10.0 Å². The minimum atomic E-state index is -3.53. The van der Waals surface area contributed by atoms with E-state index in [4.69, 9.17) is 11.6 Å². The summed E-state index contributed by atoms with van der Waals surface area (Å²) >= 11 is 9.03. The van der Waals surface area contributed by atoms with Crippen molar-refractivity contribution >= 4 is 37.6 Å². The van der Waals surface area contributed by atoms with Crippen LogP contribution in [-0.4, -0.2) is 24.9 Å². The van der Waals surface area contributed by atoms with E-state index in [1.807, 2.05) is 0 Å². The summed E-state index contributed by atoms with van der Waals surface area (Å²) in [5.41, 5.74) is 0. The Morgan fingerprint density at radius 2 is 2.21 bits per heavy atom. The molecule has 2 rings (SSSR count). The maximum Gasteiger partial charge on any atom is 0.240 e. The molecular weight excluding hydrogens is 354 g/mol. The number of sulfonamides is 1. The van der Waals surface area contributed by atoms with Crippen molar-refractivity contribution in [2.45, 2.75) is 11.3 Å². The number of hydrogen-bond donors (Lipinski definition) is 2. The van der Waals surface area contributed by atoms with Crippen LogP contribution in [0.1, 0.15) is 5.82 Å². The molecule has 2 N–H and O–H groups in total. The normalized spacial score (nSPS) is 11.7. The molecule has 0 atom stereocenters. The third-order valence-electron chi connectivity index (χ3n) is 2.41. The molecule has 2 aromatic rings. The average Bonchev–Trinajstić information content (AvgIpc) is 2.85. The molecule has 0 aliphatic carbocycles. The molecule has 0 fully saturated rings. The third-order valence-corrected chi connectivity index (χ3v) is 5.08. The van der Waals surface area contributed by atoms with Crippen molar-refractivity contribution in [1.82, 2.24) is 14.7 Å². The molecule has 8 heteroatoms. The largest absolute Gasteiger partial charge is 0.349 e. The van der Waals surface area contributed by atoms with Gasteiger partial charge in [-0.15, -0.1) is 0 Å². The van der Waals surface area contributed by atoms with Gasteiger partial charge >= 0.3 is 0 Å². The number of imidazole rings is 1. The average molecular weight is 365 g/mol. The molecule has 0 spiro atoms. The van der Waals surface area contributed by atoms with Gasteiger partial charge in [0.15, 0.2) is 0 Å². The van der Waals surface area contributed by atoms with E-state index in [0.29, 0.717) is 15.9 Å². The van der Waals surface area contributed by atoms with Crippen molar-refractivity contribution in [1.29, 1.82) is 0 Å². The van der Waals surface area contributed by atoms with Crippen molar-refractivity contribution in [2.75, 3.05) is 6.54 Å². The van der Waals surface area contributed by atoms with Gasteiger partial charge in [-0.3, -0.25) is 0 Å². The van der Waals surface area contributed by atoms with E-state index < -0.39 is 10.0 Å².